The molecule has 0 saturated carbocycles. The van der Waals surface area contributed by atoms with Gasteiger partial charge in [0.15, 0.2) is 0 Å². The molecule has 38 heavy (non-hydrogen) atoms. The van der Waals surface area contributed by atoms with Gasteiger partial charge in [0.2, 0.25) is 5.91 Å². The first-order chi connectivity index (χ1) is 17.8. The molecular formula is C28H47BN4O3S2. The van der Waals surface area contributed by atoms with E-state index in [4.69, 9.17) is 9.47 Å². The van der Waals surface area contributed by atoms with Gasteiger partial charge in [-0.1, -0.05) is 71.6 Å². The lowest BCUT2D eigenvalue weighted by atomic mass is 9.97. The maximum atomic E-state index is 12.3. The second-order valence-electron chi connectivity index (χ2n) is 12.1. The molecule has 0 aliphatic heterocycles. The zero-order valence-electron chi connectivity index (χ0n) is 24.6. The van der Waals surface area contributed by atoms with Crippen LogP contribution in [0.15, 0.2) is 35.4 Å². The minimum absolute atomic E-state index is 0.0325. The number of nitrogens with one attached hydrogen (secondary N) is 1. The van der Waals surface area contributed by atoms with Crippen molar-refractivity contribution in [1.29, 1.82) is 0 Å². The Morgan fingerprint density at radius 1 is 1.03 bits per heavy atom. The van der Waals surface area contributed by atoms with E-state index in [1.807, 2.05) is 6.20 Å². The summed E-state index contributed by atoms with van der Waals surface area (Å²) in [6.45, 7) is 17.6. The average Bonchev–Trinajstić information content (AvgIpc) is 3.28. The van der Waals surface area contributed by atoms with Crippen molar-refractivity contribution in [2.24, 2.45) is 5.41 Å². The van der Waals surface area contributed by atoms with E-state index in [1.54, 1.807) is 26.3 Å². The quantitative estimate of drug-likeness (QED) is 0.167. The molecule has 0 atom stereocenters. The van der Waals surface area contributed by atoms with Crippen LogP contribution < -0.4 is 5.32 Å². The molecule has 0 spiro atoms. The summed E-state index contributed by atoms with van der Waals surface area (Å²) < 4.78 is 14.1. The highest BCUT2D eigenvalue weighted by molar-refractivity contribution is 8.76. The molecule has 1 N–H and O–H groups in total. The Labute approximate surface area is 238 Å². The minimum Gasteiger partial charge on any atom is -0.375 e. The van der Waals surface area contributed by atoms with E-state index < -0.39 is 0 Å². The van der Waals surface area contributed by atoms with Crippen LogP contribution in [-0.2, 0) is 33.6 Å². The number of amides is 1. The lowest BCUT2D eigenvalue weighted by Crippen LogP contribution is -2.33. The van der Waals surface area contributed by atoms with E-state index in [9.17, 15) is 4.79 Å². The van der Waals surface area contributed by atoms with Gasteiger partial charge in [-0.3, -0.25) is 9.48 Å². The molecule has 2 rings (SSSR count). The van der Waals surface area contributed by atoms with Gasteiger partial charge in [-0.2, -0.15) is 0 Å². The molecule has 7 nitrogen and oxygen atoms in total. The fraction of sp³-hybridized carbons (Fsp3) is 0.679. The Bertz CT molecular complexity index is 975. The fourth-order valence-electron chi connectivity index (χ4n) is 3.39. The van der Waals surface area contributed by atoms with Gasteiger partial charge >= 0.3 is 0 Å². The number of aryl methyl sites for hydroxylation is 1. The van der Waals surface area contributed by atoms with Crippen LogP contribution in [0.25, 0.3) is 0 Å². The van der Waals surface area contributed by atoms with Crippen molar-refractivity contribution in [3.05, 3.63) is 41.7 Å². The molecule has 0 radical (unpaired) electrons. The standard InChI is InChI=1S/C28H47BN4O3S2/c1-26(2,3)21-36-28(6,7)13-16-35-27(4,5)12-15-33-20-23(31-32-33)18-25(34)30-14-17-37-38-24-10-8-22(19-29)9-11-24/h8-11,20H,12-19,21,29H2,1-7H3,(H,30,34). The third-order valence-corrected chi connectivity index (χ3v) is 8.34. The summed E-state index contributed by atoms with van der Waals surface area (Å²) in [7, 11) is 5.64. The third-order valence-electron chi connectivity index (χ3n) is 5.96. The van der Waals surface area contributed by atoms with Crippen molar-refractivity contribution in [2.45, 2.75) is 96.7 Å². The molecule has 0 unspecified atom stereocenters. The minimum atomic E-state index is -0.294. The molecule has 1 amide bonds. The molecule has 0 bridgehead atoms. The van der Waals surface area contributed by atoms with E-state index in [-0.39, 0.29) is 28.9 Å². The predicted octanol–water partition coefficient (Wildman–Crippen LogP) is 4.93. The monoisotopic (exact) mass is 562 g/mol. The SMILES string of the molecule is BCc1ccc(SSCCNC(=O)Cc2cn(CCC(C)(C)OCCC(C)(C)OCC(C)(C)C)nn2)cc1. The van der Waals surface area contributed by atoms with Crippen LogP contribution in [0.4, 0.5) is 0 Å². The number of rotatable bonds is 17. The van der Waals surface area contributed by atoms with Crippen LogP contribution in [0, 0.1) is 5.41 Å². The van der Waals surface area contributed by atoms with Crippen molar-refractivity contribution >= 4 is 35.3 Å². The van der Waals surface area contributed by atoms with Crippen LogP contribution in [0.5, 0.6) is 0 Å². The predicted molar refractivity (Wildman–Crippen MR) is 162 cm³/mol. The topological polar surface area (TPSA) is 78.3 Å². The smallest absolute Gasteiger partial charge is 0.226 e. The number of ether oxygens (including phenoxy) is 2. The van der Waals surface area contributed by atoms with Gasteiger partial charge in [0.05, 0.1) is 36.5 Å². The van der Waals surface area contributed by atoms with Gasteiger partial charge in [-0.25, -0.2) is 0 Å². The van der Waals surface area contributed by atoms with Crippen LogP contribution >= 0.6 is 21.6 Å². The first kappa shape index (κ1) is 32.7. The average molecular weight is 563 g/mol. The third kappa shape index (κ3) is 14.1. The molecule has 10 heteroatoms. The number of hydrogen-bond acceptors (Lipinski definition) is 7. The Kier molecular flexibility index (Phi) is 13.2. The highest BCUT2D eigenvalue weighted by Crippen LogP contribution is 2.30. The van der Waals surface area contributed by atoms with E-state index in [0.29, 0.717) is 25.4 Å². The second kappa shape index (κ2) is 15.3. The molecule has 1 aromatic carbocycles. The summed E-state index contributed by atoms with van der Waals surface area (Å²) in [6, 6.07) is 8.63. The van der Waals surface area contributed by atoms with Gasteiger partial charge in [-0.05, 0) is 58.1 Å². The van der Waals surface area contributed by atoms with Crippen molar-refractivity contribution in [1.82, 2.24) is 20.3 Å². The van der Waals surface area contributed by atoms with Crippen molar-refractivity contribution in [2.75, 3.05) is 25.5 Å². The Morgan fingerprint density at radius 3 is 2.37 bits per heavy atom. The number of aromatic nitrogens is 3. The van der Waals surface area contributed by atoms with E-state index >= 15 is 0 Å². The van der Waals surface area contributed by atoms with E-state index in [1.165, 1.54) is 10.5 Å². The normalized spacial score (nSPS) is 12.6. The number of carbonyl (C=O) groups is 1. The summed E-state index contributed by atoms with van der Waals surface area (Å²) in [5, 5.41) is 11.3. The molecule has 0 fully saturated rings. The number of carbonyl (C=O) groups excluding carboxylic acids is 1. The van der Waals surface area contributed by atoms with Crippen molar-refractivity contribution in [3.63, 3.8) is 0 Å². The first-order valence-corrected chi connectivity index (χ1v) is 15.9. The van der Waals surface area contributed by atoms with Gasteiger partial charge in [0, 0.05) is 29.9 Å². The number of nitrogens with zero attached hydrogens (tertiary/aromatic N) is 3. The Balaban J connectivity index is 1.62. The van der Waals surface area contributed by atoms with Gasteiger partial charge in [0.25, 0.3) is 0 Å². The zero-order valence-corrected chi connectivity index (χ0v) is 26.3. The molecule has 1 heterocycles. The molecular weight excluding hydrogens is 515 g/mol. The summed E-state index contributed by atoms with van der Waals surface area (Å²) in [6.07, 6.45) is 4.76. The zero-order chi connectivity index (χ0) is 28.2. The maximum absolute atomic E-state index is 12.3. The van der Waals surface area contributed by atoms with Crippen LogP contribution in [0.2, 0.25) is 0 Å². The van der Waals surface area contributed by atoms with Gasteiger partial charge < -0.3 is 14.8 Å². The van der Waals surface area contributed by atoms with Gasteiger partial charge in [0.1, 0.15) is 7.85 Å². The van der Waals surface area contributed by atoms with E-state index in [0.717, 1.165) is 31.5 Å². The molecule has 0 saturated heterocycles. The second-order valence-corrected chi connectivity index (χ2v) is 14.6. The largest absolute Gasteiger partial charge is 0.375 e. The number of benzene rings is 1. The lowest BCUT2D eigenvalue weighted by molar-refractivity contribution is -0.120. The summed E-state index contributed by atoms with van der Waals surface area (Å²) >= 11 is 0. The fourth-order valence-corrected chi connectivity index (χ4v) is 5.29. The lowest BCUT2D eigenvalue weighted by Gasteiger charge is -2.32. The Morgan fingerprint density at radius 2 is 1.71 bits per heavy atom. The molecule has 1 aromatic heterocycles. The first-order valence-electron chi connectivity index (χ1n) is 13.6. The Hall–Kier alpha value is -1.49. The highest BCUT2D eigenvalue weighted by Gasteiger charge is 2.25. The van der Waals surface area contributed by atoms with Crippen molar-refractivity contribution in [3.8, 4) is 0 Å². The number of hydrogen-bond donors (Lipinski definition) is 1. The van der Waals surface area contributed by atoms with Crippen LogP contribution in [0.1, 0.15) is 72.6 Å². The molecule has 2 aromatic rings. The van der Waals surface area contributed by atoms with Crippen LogP contribution in [-0.4, -0.2) is 65.5 Å². The maximum Gasteiger partial charge on any atom is 0.226 e. The van der Waals surface area contributed by atoms with Gasteiger partial charge in [-0.15, -0.1) is 5.10 Å². The highest BCUT2D eigenvalue weighted by atomic mass is 33.1. The molecule has 0 aliphatic rings. The summed E-state index contributed by atoms with van der Waals surface area (Å²) in [5.41, 5.74) is 1.66. The summed E-state index contributed by atoms with van der Waals surface area (Å²) in [5.74, 6) is 0.808. The molecule has 212 valence electrons. The van der Waals surface area contributed by atoms with Crippen LogP contribution in [0.3, 0.4) is 0 Å². The summed E-state index contributed by atoms with van der Waals surface area (Å²) in [4.78, 5) is 13.5. The van der Waals surface area contributed by atoms with E-state index in [2.05, 4.69) is 96.2 Å². The molecule has 0 aliphatic carbocycles. The van der Waals surface area contributed by atoms with Crippen molar-refractivity contribution < 1.29 is 14.3 Å².